The monoisotopic (exact) mass is 767 g/mol. The average molecular weight is 768 g/mol. The number of rotatable bonds is 13. The van der Waals surface area contributed by atoms with Gasteiger partial charge in [0.05, 0.1) is 30.9 Å². The molecule has 0 bridgehead atoms. The van der Waals surface area contributed by atoms with Gasteiger partial charge in [-0.2, -0.15) is 18.2 Å². The van der Waals surface area contributed by atoms with Crippen molar-refractivity contribution >= 4 is 23.3 Å². The summed E-state index contributed by atoms with van der Waals surface area (Å²) in [5.41, 5.74) is 2.67. The predicted molar refractivity (Wildman–Crippen MR) is 198 cm³/mol. The number of aromatic nitrogens is 2. The molecule has 5 N–H and O–H groups in total. The molecule has 0 radical (unpaired) electrons. The Morgan fingerprint density at radius 1 is 1.04 bits per heavy atom. The van der Waals surface area contributed by atoms with Gasteiger partial charge in [-0.3, -0.25) is 9.78 Å². The molecule has 11 nitrogen and oxygen atoms in total. The second-order valence-corrected chi connectivity index (χ2v) is 14.4. The van der Waals surface area contributed by atoms with E-state index < -0.39 is 23.3 Å². The fourth-order valence-corrected chi connectivity index (χ4v) is 8.36. The zero-order chi connectivity index (χ0) is 37.9. The molecule has 1 aliphatic carbocycles. The van der Waals surface area contributed by atoms with Crippen molar-refractivity contribution in [1.29, 1.82) is 0 Å². The SMILES string of the molecule is COC1=C(CNC[C@H]2CCC(=O)N2)C=C(Cl)C(c2ccncc2)(c2cccc3c2CC[C@H]3Nc2nc(OC)c(CNC3CCOCC3)cc2C(F)(F)F)N1. The fourth-order valence-electron chi connectivity index (χ4n) is 7.97. The van der Waals surface area contributed by atoms with E-state index in [2.05, 4.69) is 36.6 Å². The van der Waals surface area contributed by atoms with Crippen molar-refractivity contribution in [3.05, 3.63) is 105 Å². The maximum Gasteiger partial charge on any atom is 0.419 e. The summed E-state index contributed by atoms with van der Waals surface area (Å²) in [5.74, 6) is 0.421. The first-order chi connectivity index (χ1) is 26.1. The highest BCUT2D eigenvalue weighted by atomic mass is 35.5. The van der Waals surface area contributed by atoms with Crippen LogP contribution in [-0.4, -0.2) is 68.5 Å². The molecular weight excluding hydrogens is 723 g/mol. The highest BCUT2D eigenvalue weighted by molar-refractivity contribution is 6.31. The summed E-state index contributed by atoms with van der Waals surface area (Å²) in [5, 5.41) is 17.0. The Kier molecular flexibility index (Phi) is 11.3. The maximum atomic E-state index is 14.7. The minimum Gasteiger partial charge on any atom is -0.482 e. The van der Waals surface area contributed by atoms with Crippen LogP contribution < -0.4 is 31.3 Å². The van der Waals surface area contributed by atoms with E-state index in [-0.39, 0.29) is 36.2 Å². The van der Waals surface area contributed by atoms with E-state index in [1.165, 1.54) is 7.11 Å². The van der Waals surface area contributed by atoms with Crippen LogP contribution in [0.3, 0.4) is 0 Å². The number of dihydropyridines is 1. The maximum absolute atomic E-state index is 14.7. The van der Waals surface area contributed by atoms with E-state index >= 15 is 0 Å². The van der Waals surface area contributed by atoms with Crippen LogP contribution in [0.1, 0.15) is 71.5 Å². The van der Waals surface area contributed by atoms with Gasteiger partial charge in [-0.15, -0.1) is 0 Å². The number of halogens is 4. The Balaban J connectivity index is 1.19. The third kappa shape index (κ3) is 7.75. The number of carbonyl (C=O) groups is 1. The molecule has 2 aromatic heterocycles. The van der Waals surface area contributed by atoms with Crippen molar-refractivity contribution in [2.24, 2.45) is 0 Å². The zero-order valence-electron chi connectivity index (χ0n) is 30.2. The zero-order valence-corrected chi connectivity index (χ0v) is 31.0. The summed E-state index contributed by atoms with van der Waals surface area (Å²) in [6, 6.07) is 10.5. The minimum absolute atomic E-state index is 0.0553. The van der Waals surface area contributed by atoms with Crippen LogP contribution >= 0.6 is 11.6 Å². The lowest BCUT2D eigenvalue weighted by atomic mass is 9.77. The minimum atomic E-state index is -4.66. The Hall–Kier alpha value is -4.37. The number of fused-ring (bicyclic) bond motifs is 1. The molecule has 5 heterocycles. The number of nitrogens with one attached hydrogen (secondary N) is 5. The third-order valence-electron chi connectivity index (χ3n) is 10.7. The second-order valence-electron chi connectivity index (χ2n) is 14.0. The number of anilines is 1. The van der Waals surface area contributed by atoms with Crippen molar-refractivity contribution in [3.63, 3.8) is 0 Å². The molecule has 0 saturated carbocycles. The van der Waals surface area contributed by atoms with E-state index in [1.807, 2.05) is 36.4 Å². The number of carbonyl (C=O) groups excluding carboxylic acids is 1. The molecule has 2 saturated heterocycles. The molecule has 3 atom stereocenters. The Morgan fingerprint density at radius 3 is 2.54 bits per heavy atom. The molecule has 7 rings (SSSR count). The number of hydrogen-bond donors (Lipinski definition) is 5. The van der Waals surface area contributed by atoms with Crippen LogP contribution in [0.15, 0.2) is 71.4 Å². The van der Waals surface area contributed by atoms with Crippen molar-refractivity contribution in [3.8, 4) is 5.88 Å². The van der Waals surface area contributed by atoms with Gasteiger partial charge in [-0.1, -0.05) is 29.8 Å². The molecule has 3 aliphatic heterocycles. The van der Waals surface area contributed by atoms with Crippen LogP contribution in [0.25, 0.3) is 0 Å². The first kappa shape index (κ1) is 37.9. The summed E-state index contributed by atoms with van der Waals surface area (Å²) in [7, 11) is 3.01. The number of benzene rings is 1. The number of methoxy groups -OCH3 is 2. The summed E-state index contributed by atoms with van der Waals surface area (Å²) >= 11 is 7.34. The number of nitrogens with zero attached hydrogens (tertiary/aromatic N) is 2. The molecule has 288 valence electrons. The topological polar surface area (TPSA) is 131 Å². The highest BCUT2D eigenvalue weighted by Gasteiger charge is 2.45. The molecule has 3 aromatic rings. The van der Waals surface area contributed by atoms with Crippen LogP contribution in [0.4, 0.5) is 19.0 Å². The first-order valence-electron chi connectivity index (χ1n) is 18.3. The van der Waals surface area contributed by atoms with Gasteiger partial charge in [-0.25, -0.2) is 0 Å². The Labute approximate surface area is 317 Å². The van der Waals surface area contributed by atoms with E-state index in [9.17, 15) is 18.0 Å². The lowest BCUT2D eigenvalue weighted by Gasteiger charge is -2.41. The van der Waals surface area contributed by atoms with E-state index in [0.29, 0.717) is 62.0 Å². The number of alkyl halides is 3. The van der Waals surface area contributed by atoms with Crippen molar-refractivity contribution in [2.75, 3.05) is 45.8 Å². The second kappa shape index (κ2) is 16.2. The summed E-state index contributed by atoms with van der Waals surface area (Å²) in [6.07, 6.45) is 4.58. The quantitative estimate of drug-likeness (QED) is 0.151. The largest absolute Gasteiger partial charge is 0.482 e. The number of hydrogen-bond acceptors (Lipinski definition) is 10. The van der Waals surface area contributed by atoms with Gasteiger partial charge >= 0.3 is 6.18 Å². The smallest absolute Gasteiger partial charge is 0.419 e. The van der Waals surface area contributed by atoms with Crippen LogP contribution in [-0.2, 0) is 38.9 Å². The van der Waals surface area contributed by atoms with Crippen LogP contribution in [0, 0.1) is 0 Å². The standard InChI is InChI=1S/C39H45ClF3N7O4/c1-52-36-23(21-46-26-12-16-54-17-13-26)18-31(39(41,42)43)35(49-36)48-32-8-7-28-29(32)4-3-5-30(28)38(25-10-14-44-15-11-25)33(40)19-24(37(50-38)53-2)20-45-22-27-6-9-34(51)47-27/h3-5,10-11,14-15,18-19,26-27,32,45-46,50H,6-9,12-13,16-17,20-22H2,1-2H3,(H,47,51)(H,48,49)/t27-,32-,38?/m1/s1. The van der Waals surface area contributed by atoms with Gasteiger partial charge in [0.2, 0.25) is 11.8 Å². The summed E-state index contributed by atoms with van der Waals surface area (Å²) in [4.78, 5) is 20.3. The Morgan fingerprint density at radius 2 is 1.83 bits per heavy atom. The van der Waals surface area contributed by atoms with Crippen molar-refractivity contribution < 1.29 is 32.2 Å². The predicted octanol–water partition coefficient (Wildman–Crippen LogP) is 5.57. The van der Waals surface area contributed by atoms with Crippen LogP contribution in [0.5, 0.6) is 5.88 Å². The molecule has 1 aromatic carbocycles. The molecule has 15 heteroatoms. The highest BCUT2D eigenvalue weighted by Crippen LogP contribution is 2.48. The van der Waals surface area contributed by atoms with E-state index in [1.54, 1.807) is 19.5 Å². The van der Waals surface area contributed by atoms with E-state index in [0.717, 1.165) is 53.2 Å². The van der Waals surface area contributed by atoms with Crippen molar-refractivity contribution in [2.45, 2.75) is 74.9 Å². The molecule has 4 aliphatic rings. The van der Waals surface area contributed by atoms with Gasteiger partial charge < -0.3 is 40.8 Å². The van der Waals surface area contributed by atoms with Gasteiger partial charge in [0.15, 0.2) is 5.88 Å². The summed E-state index contributed by atoms with van der Waals surface area (Å²) < 4.78 is 60.9. The fraction of sp³-hybridized carbons (Fsp3) is 0.462. The molecule has 1 unspecified atom stereocenters. The number of pyridine rings is 2. The third-order valence-corrected chi connectivity index (χ3v) is 11.1. The van der Waals surface area contributed by atoms with E-state index in [4.69, 9.17) is 25.8 Å². The lowest BCUT2D eigenvalue weighted by molar-refractivity contribution is -0.137. The normalized spacial score (nSPS) is 23.1. The van der Waals surface area contributed by atoms with Crippen molar-refractivity contribution in [1.82, 2.24) is 31.2 Å². The molecule has 2 fully saturated rings. The molecule has 54 heavy (non-hydrogen) atoms. The Bertz CT molecular complexity index is 1900. The van der Waals surface area contributed by atoms with Gasteiger partial charge in [0.1, 0.15) is 11.4 Å². The molecular formula is C39H45ClF3N7O4. The number of ether oxygens (including phenoxy) is 3. The molecule has 0 spiro atoms. The van der Waals surface area contributed by atoms with Gasteiger partial charge in [-0.05, 0) is 78.6 Å². The molecule has 1 amide bonds. The van der Waals surface area contributed by atoms with Gasteiger partial charge in [0.25, 0.3) is 0 Å². The van der Waals surface area contributed by atoms with Gasteiger partial charge in [0, 0.05) is 74.9 Å². The van der Waals surface area contributed by atoms with Crippen LogP contribution in [0.2, 0.25) is 0 Å². The summed E-state index contributed by atoms with van der Waals surface area (Å²) in [6.45, 7) is 2.45. The first-order valence-corrected chi connectivity index (χ1v) is 18.7. The lowest BCUT2D eigenvalue weighted by Crippen LogP contribution is -2.47. The number of amides is 1. The average Bonchev–Trinajstić information content (AvgIpc) is 3.79.